The van der Waals surface area contributed by atoms with E-state index in [0.717, 1.165) is 4.90 Å². The lowest BCUT2D eigenvalue weighted by molar-refractivity contribution is -0.112. The molecule has 2 aliphatic heterocycles. The molecule has 1 fully saturated rings. The largest absolute Gasteiger partial charge is 0.378 e. The number of halogens is 1. The van der Waals surface area contributed by atoms with Crippen LogP contribution in [0, 0.1) is 0 Å². The molecule has 0 spiro atoms. The van der Waals surface area contributed by atoms with Gasteiger partial charge in [-0.1, -0.05) is 41.9 Å². The topological polar surface area (TPSA) is 49.9 Å². The number of nitrogens with zero attached hydrogens (tertiary/aromatic N) is 2. The number of anilines is 1. The summed E-state index contributed by atoms with van der Waals surface area (Å²) in [5.74, 6) is -0.730. The third kappa shape index (κ3) is 2.89. The van der Waals surface area contributed by atoms with E-state index in [2.05, 4.69) is 0 Å². The van der Waals surface area contributed by atoms with E-state index in [1.54, 1.807) is 42.5 Å². The maximum atomic E-state index is 13.2. The zero-order chi connectivity index (χ0) is 18.1. The zero-order valence-corrected chi connectivity index (χ0v) is 14.8. The number of rotatable bonds is 2. The summed E-state index contributed by atoms with van der Waals surface area (Å²) in [6.45, 7) is 2.65. The fourth-order valence-electron chi connectivity index (χ4n) is 3.22. The molecule has 2 heterocycles. The predicted octanol–water partition coefficient (Wildman–Crippen LogP) is 3.20. The van der Waals surface area contributed by atoms with E-state index in [4.69, 9.17) is 16.3 Å². The number of ether oxygens (including phenoxy) is 1. The van der Waals surface area contributed by atoms with Crippen LogP contribution in [0.15, 0.2) is 54.7 Å². The van der Waals surface area contributed by atoms with Crippen LogP contribution in [0.25, 0.3) is 5.57 Å². The van der Waals surface area contributed by atoms with Crippen LogP contribution in [0.5, 0.6) is 0 Å². The van der Waals surface area contributed by atoms with Gasteiger partial charge in [0.1, 0.15) is 0 Å². The molecule has 0 radical (unpaired) electrons. The Morgan fingerprint density at radius 1 is 0.885 bits per heavy atom. The first-order chi connectivity index (χ1) is 12.7. The Hall–Kier alpha value is -2.63. The number of para-hydroxylation sites is 1. The molecule has 0 aromatic heterocycles. The fraction of sp³-hybridized carbons (Fsp3) is 0.200. The van der Waals surface area contributed by atoms with Crippen molar-refractivity contribution < 1.29 is 14.3 Å². The Morgan fingerprint density at radius 3 is 2.27 bits per heavy atom. The minimum atomic E-state index is -0.367. The average Bonchev–Trinajstić information content (AvgIpc) is 2.67. The van der Waals surface area contributed by atoms with Gasteiger partial charge < -0.3 is 9.64 Å². The van der Waals surface area contributed by atoms with Gasteiger partial charge in [-0.2, -0.15) is 0 Å². The number of hydrogen-bond donors (Lipinski definition) is 0. The van der Waals surface area contributed by atoms with Crippen LogP contribution >= 0.6 is 11.6 Å². The molecule has 132 valence electrons. The van der Waals surface area contributed by atoms with Crippen molar-refractivity contribution in [1.82, 2.24) is 4.90 Å². The molecule has 2 aromatic rings. The number of amides is 2. The van der Waals surface area contributed by atoms with Crippen LogP contribution in [0.1, 0.15) is 15.9 Å². The second-order valence-electron chi connectivity index (χ2n) is 6.13. The zero-order valence-electron chi connectivity index (χ0n) is 14.0. The quantitative estimate of drug-likeness (QED) is 0.603. The van der Waals surface area contributed by atoms with Crippen molar-refractivity contribution in [3.63, 3.8) is 0 Å². The first-order valence-corrected chi connectivity index (χ1v) is 8.81. The van der Waals surface area contributed by atoms with Gasteiger partial charge in [-0.05, 0) is 18.2 Å². The van der Waals surface area contributed by atoms with Crippen LogP contribution in [0.2, 0.25) is 5.02 Å². The molecular weight excluding hydrogens is 352 g/mol. The van der Waals surface area contributed by atoms with Crippen molar-refractivity contribution in [2.75, 3.05) is 31.2 Å². The number of fused-ring (bicyclic) bond motifs is 1. The van der Waals surface area contributed by atoms with Crippen molar-refractivity contribution in [3.8, 4) is 0 Å². The van der Waals surface area contributed by atoms with Gasteiger partial charge in [0.2, 0.25) is 0 Å². The summed E-state index contributed by atoms with van der Waals surface area (Å²) < 4.78 is 5.37. The lowest BCUT2D eigenvalue weighted by atomic mass is 9.93. The maximum absolute atomic E-state index is 13.2. The summed E-state index contributed by atoms with van der Waals surface area (Å²) in [6.07, 6.45) is 1.83. The van der Waals surface area contributed by atoms with E-state index >= 15 is 0 Å². The molecule has 2 aromatic carbocycles. The third-order valence-corrected chi connectivity index (χ3v) is 4.85. The van der Waals surface area contributed by atoms with E-state index in [-0.39, 0.29) is 11.8 Å². The lowest BCUT2D eigenvalue weighted by Gasteiger charge is -2.31. The van der Waals surface area contributed by atoms with Crippen LogP contribution in [0.4, 0.5) is 5.69 Å². The molecule has 26 heavy (non-hydrogen) atoms. The van der Waals surface area contributed by atoms with Gasteiger partial charge in [-0.3, -0.25) is 9.59 Å². The minimum absolute atomic E-state index is 0.360. The van der Waals surface area contributed by atoms with Crippen molar-refractivity contribution in [1.29, 1.82) is 0 Å². The minimum Gasteiger partial charge on any atom is -0.378 e. The summed E-state index contributed by atoms with van der Waals surface area (Å²) >= 11 is 6.26. The number of carbonyl (C=O) groups is 2. The van der Waals surface area contributed by atoms with Crippen molar-refractivity contribution in [2.45, 2.75) is 0 Å². The summed E-state index contributed by atoms with van der Waals surface area (Å²) in [7, 11) is 0. The first-order valence-electron chi connectivity index (χ1n) is 8.43. The van der Waals surface area contributed by atoms with Gasteiger partial charge >= 0.3 is 0 Å². The molecule has 0 saturated carbocycles. The Balaban J connectivity index is 1.84. The summed E-state index contributed by atoms with van der Waals surface area (Å²) in [5.41, 5.74) is 2.03. The molecule has 0 N–H and O–H groups in total. The molecule has 0 bridgehead atoms. The Morgan fingerprint density at radius 2 is 1.54 bits per heavy atom. The second-order valence-corrected chi connectivity index (χ2v) is 6.54. The molecule has 0 unspecified atom stereocenters. The summed E-state index contributed by atoms with van der Waals surface area (Å²) in [5, 5.41) is 0.360. The molecule has 1 saturated heterocycles. The van der Waals surface area contributed by atoms with Gasteiger partial charge in [0.05, 0.1) is 29.5 Å². The van der Waals surface area contributed by atoms with Gasteiger partial charge in [0.25, 0.3) is 11.8 Å². The molecular formula is C20H17ClN2O3. The molecule has 4 rings (SSSR count). The number of hydrogen-bond acceptors (Lipinski definition) is 4. The van der Waals surface area contributed by atoms with Crippen molar-refractivity contribution >= 4 is 34.7 Å². The number of carbonyl (C=O) groups excluding carboxylic acids is 2. The highest BCUT2D eigenvalue weighted by Crippen LogP contribution is 2.35. The molecule has 0 aliphatic carbocycles. The van der Waals surface area contributed by atoms with Crippen LogP contribution in [-0.4, -0.2) is 43.0 Å². The summed E-state index contributed by atoms with van der Waals surface area (Å²) in [6, 6.07) is 14.0. The molecule has 0 atom stereocenters. The van der Waals surface area contributed by atoms with Crippen LogP contribution in [0.3, 0.4) is 0 Å². The van der Waals surface area contributed by atoms with Crippen molar-refractivity contribution in [3.05, 3.63) is 70.9 Å². The van der Waals surface area contributed by atoms with E-state index in [9.17, 15) is 9.59 Å². The van der Waals surface area contributed by atoms with Crippen molar-refractivity contribution in [2.24, 2.45) is 0 Å². The van der Waals surface area contributed by atoms with Gasteiger partial charge in [0.15, 0.2) is 0 Å². The van der Waals surface area contributed by atoms with Gasteiger partial charge in [0, 0.05) is 30.4 Å². The van der Waals surface area contributed by atoms with E-state index in [1.807, 2.05) is 17.2 Å². The number of imide groups is 1. The van der Waals surface area contributed by atoms with Crippen LogP contribution < -0.4 is 4.90 Å². The normalized spacial score (nSPS) is 19.0. The second kappa shape index (κ2) is 6.94. The van der Waals surface area contributed by atoms with E-state index < -0.39 is 0 Å². The first kappa shape index (κ1) is 16.8. The smallest absolute Gasteiger partial charge is 0.267 e. The predicted molar refractivity (Wildman–Crippen MR) is 100 cm³/mol. The van der Waals surface area contributed by atoms with E-state index in [0.29, 0.717) is 53.7 Å². The van der Waals surface area contributed by atoms with Gasteiger partial charge in [-0.15, -0.1) is 0 Å². The maximum Gasteiger partial charge on any atom is 0.267 e. The highest BCUT2D eigenvalue weighted by atomic mass is 35.5. The molecule has 2 aliphatic rings. The fourth-order valence-corrected chi connectivity index (χ4v) is 3.44. The Bertz CT molecular complexity index is 903. The monoisotopic (exact) mass is 368 g/mol. The average molecular weight is 369 g/mol. The number of benzene rings is 2. The Labute approximate surface area is 156 Å². The van der Waals surface area contributed by atoms with Gasteiger partial charge in [-0.25, -0.2) is 4.90 Å². The molecule has 6 heteroatoms. The molecule has 5 nitrogen and oxygen atoms in total. The SMILES string of the molecule is O=C1C(=CN2CCOCC2)c2ccccc2C(=O)N1c1ccccc1Cl. The number of morpholine rings is 1. The highest BCUT2D eigenvalue weighted by Gasteiger charge is 2.37. The lowest BCUT2D eigenvalue weighted by Crippen LogP contribution is -2.43. The highest BCUT2D eigenvalue weighted by molar-refractivity contribution is 6.43. The molecule has 2 amide bonds. The summed E-state index contributed by atoms with van der Waals surface area (Å²) in [4.78, 5) is 29.5. The van der Waals surface area contributed by atoms with E-state index in [1.165, 1.54) is 0 Å². The third-order valence-electron chi connectivity index (χ3n) is 4.53. The Kier molecular flexibility index (Phi) is 4.49. The van der Waals surface area contributed by atoms with Crippen LogP contribution in [-0.2, 0) is 9.53 Å². The standard InChI is InChI=1S/C20H17ClN2O3/c21-17-7-3-4-8-18(17)23-19(24)15-6-2-1-5-14(15)16(20(23)25)13-22-9-11-26-12-10-22/h1-8,13H,9-12H2.